The van der Waals surface area contributed by atoms with Gasteiger partial charge in [0.15, 0.2) is 0 Å². The van der Waals surface area contributed by atoms with Gasteiger partial charge in [0, 0.05) is 6.54 Å². The lowest BCUT2D eigenvalue weighted by atomic mass is 9.85. The zero-order valence-corrected chi connectivity index (χ0v) is 10.8. The smallest absolute Gasteiger partial charge is 0.419 e. The summed E-state index contributed by atoms with van der Waals surface area (Å²) in [6, 6.07) is 0.0803. The van der Waals surface area contributed by atoms with Crippen molar-refractivity contribution in [2.24, 2.45) is 5.41 Å². The van der Waals surface area contributed by atoms with E-state index < -0.39 is 6.09 Å². The van der Waals surface area contributed by atoms with Gasteiger partial charge < -0.3 is 5.11 Å². The zero-order valence-electron chi connectivity index (χ0n) is 9.25. The minimum absolute atomic E-state index is 0.00187. The van der Waals surface area contributed by atoms with Gasteiger partial charge in [0.1, 0.15) is 0 Å². The predicted molar refractivity (Wildman–Crippen MR) is 62.7 cm³/mol. The number of halogens is 1. The topological polar surface area (TPSA) is 52.6 Å². The molecule has 15 heavy (non-hydrogen) atoms. The third-order valence-electron chi connectivity index (χ3n) is 2.39. The molecule has 5 heteroatoms. The highest BCUT2D eigenvalue weighted by Crippen LogP contribution is 2.30. The molecule has 0 aromatic heterocycles. The zero-order chi connectivity index (χ0) is 11.6. The molecule has 0 aromatic carbocycles. The third kappa shape index (κ3) is 3.50. The molecule has 1 amide bonds. The number of carbonyl (C=O) groups is 1. The largest absolute Gasteiger partial charge is 0.464 e. The van der Waals surface area contributed by atoms with Crippen LogP contribution >= 0.6 is 15.9 Å². The van der Waals surface area contributed by atoms with Crippen LogP contribution in [0, 0.1) is 5.41 Å². The Balaban J connectivity index is 2.83. The lowest BCUT2D eigenvalue weighted by Crippen LogP contribution is -2.54. The van der Waals surface area contributed by atoms with E-state index in [2.05, 4.69) is 48.2 Å². The van der Waals surface area contributed by atoms with Crippen LogP contribution in [0.2, 0.25) is 0 Å². The molecule has 0 saturated heterocycles. The summed E-state index contributed by atoms with van der Waals surface area (Å²) in [6.45, 7) is 6.98. The van der Waals surface area contributed by atoms with Gasteiger partial charge >= 0.3 is 6.09 Å². The Bertz CT molecular complexity index is 284. The third-order valence-corrected chi connectivity index (χ3v) is 3.05. The van der Waals surface area contributed by atoms with Crippen molar-refractivity contribution in [3.05, 3.63) is 10.6 Å². The Hall–Kier alpha value is -0.550. The number of hydrogen-bond donors (Lipinski definition) is 2. The van der Waals surface area contributed by atoms with Crippen molar-refractivity contribution < 1.29 is 9.90 Å². The van der Waals surface area contributed by atoms with E-state index in [4.69, 9.17) is 5.11 Å². The van der Waals surface area contributed by atoms with Gasteiger partial charge in [0.25, 0.3) is 0 Å². The highest BCUT2D eigenvalue weighted by Gasteiger charge is 2.32. The van der Waals surface area contributed by atoms with E-state index in [9.17, 15) is 4.79 Å². The number of carboxylic acid groups (broad SMARTS) is 1. The van der Waals surface area contributed by atoms with Crippen molar-refractivity contribution in [3.63, 3.8) is 0 Å². The van der Waals surface area contributed by atoms with Crippen molar-refractivity contribution in [1.29, 1.82) is 0 Å². The summed E-state index contributed by atoms with van der Waals surface area (Å²) in [5, 5.41) is 10.5. The number of hydrogen-bond acceptors (Lipinski definition) is 2. The van der Waals surface area contributed by atoms with E-state index in [1.807, 2.05) is 0 Å². The van der Waals surface area contributed by atoms with Crippen LogP contribution < -0.4 is 5.43 Å². The quantitative estimate of drug-likeness (QED) is 0.774. The maximum Gasteiger partial charge on any atom is 0.419 e. The van der Waals surface area contributed by atoms with Gasteiger partial charge in [-0.1, -0.05) is 42.8 Å². The van der Waals surface area contributed by atoms with Crippen molar-refractivity contribution in [2.75, 3.05) is 6.54 Å². The summed E-state index contributed by atoms with van der Waals surface area (Å²) in [6.07, 6.45) is 1.91. The second-order valence-electron chi connectivity index (χ2n) is 4.78. The second kappa shape index (κ2) is 4.53. The molecule has 2 N–H and O–H groups in total. The number of hydrazine groups is 1. The van der Waals surface area contributed by atoms with Crippen molar-refractivity contribution in [2.45, 2.75) is 33.2 Å². The van der Waals surface area contributed by atoms with Crippen LogP contribution in [0.5, 0.6) is 0 Å². The SMILES string of the molecule is CC(C)(C)C1C=C(Br)CCN1NC(=O)O. The maximum absolute atomic E-state index is 10.6. The number of nitrogens with zero attached hydrogens (tertiary/aromatic N) is 1. The highest BCUT2D eigenvalue weighted by atomic mass is 79.9. The molecule has 0 aliphatic carbocycles. The molecular weight excluding hydrogens is 260 g/mol. The van der Waals surface area contributed by atoms with Crippen LogP contribution in [0.3, 0.4) is 0 Å². The monoisotopic (exact) mass is 276 g/mol. The summed E-state index contributed by atoms with van der Waals surface area (Å²) < 4.78 is 1.14. The Labute approximate surface area is 98.4 Å². The molecule has 1 aliphatic rings. The average Bonchev–Trinajstić information content (AvgIpc) is 2.05. The molecule has 1 aliphatic heterocycles. The van der Waals surface area contributed by atoms with E-state index in [0.717, 1.165) is 10.9 Å². The van der Waals surface area contributed by atoms with Gasteiger partial charge in [-0.15, -0.1) is 0 Å². The Morgan fingerprint density at radius 1 is 1.67 bits per heavy atom. The first kappa shape index (κ1) is 12.5. The molecule has 0 spiro atoms. The predicted octanol–water partition coefficient (Wildman–Crippen LogP) is 2.57. The van der Waals surface area contributed by atoms with Gasteiger partial charge in [-0.2, -0.15) is 0 Å². The fourth-order valence-electron chi connectivity index (χ4n) is 1.68. The summed E-state index contributed by atoms with van der Waals surface area (Å²) in [5.74, 6) is 0. The first-order chi connectivity index (χ1) is 6.80. The Morgan fingerprint density at radius 3 is 2.73 bits per heavy atom. The van der Waals surface area contributed by atoms with Crippen LogP contribution in [0.25, 0.3) is 0 Å². The molecule has 0 fully saturated rings. The molecule has 86 valence electrons. The van der Waals surface area contributed by atoms with Crippen molar-refractivity contribution in [3.8, 4) is 0 Å². The van der Waals surface area contributed by atoms with E-state index in [1.165, 1.54) is 0 Å². The summed E-state index contributed by atoms with van der Waals surface area (Å²) in [7, 11) is 0. The standard InChI is InChI=1S/C10H17BrN2O2/c1-10(2,3)8-6-7(11)4-5-13(8)12-9(14)15/h6,8,12H,4-5H2,1-3H3,(H,14,15). The van der Waals surface area contributed by atoms with Crippen LogP contribution in [-0.4, -0.2) is 28.8 Å². The normalized spacial score (nSPS) is 23.5. The minimum Gasteiger partial charge on any atom is -0.464 e. The Kier molecular flexibility index (Phi) is 3.78. The maximum atomic E-state index is 10.6. The molecule has 0 bridgehead atoms. The van der Waals surface area contributed by atoms with Crippen LogP contribution in [0.1, 0.15) is 27.2 Å². The molecule has 0 radical (unpaired) electrons. The minimum atomic E-state index is -1.00. The van der Waals surface area contributed by atoms with E-state index in [-0.39, 0.29) is 11.5 Å². The van der Waals surface area contributed by atoms with Crippen molar-refractivity contribution >= 4 is 22.0 Å². The van der Waals surface area contributed by atoms with Gasteiger partial charge in [0.2, 0.25) is 0 Å². The molecule has 1 heterocycles. The molecule has 1 unspecified atom stereocenters. The Morgan fingerprint density at radius 2 is 2.27 bits per heavy atom. The molecule has 1 atom stereocenters. The van der Waals surface area contributed by atoms with Gasteiger partial charge in [-0.3, -0.25) is 5.43 Å². The number of amides is 1. The molecule has 0 aromatic rings. The summed E-state index contributed by atoms with van der Waals surface area (Å²) in [4.78, 5) is 10.6. The summed E-state index contributed by atoms with van der Waals surface area (Å²) >= 11 is 3.47. The molecule has 1 rings (SSSR count). The molecule has 0 saturated carbocycles. The van der Waals surface area contributed by atoms with E-state index in [1.54, 1.807) is 5.01 Å². The van der Waals surface area contributed by atoms with E-state index in [0.29, 0.717) is 6.54 Å². The van der Waals surface area contributed by atoms with Gasteiger partial charge in [-0.25, -0.2) is 9.80 Å². The van der Waals surface area contributed by atoms with Gasteiger partial charge in [0.05, 0.1) is 6.04 Å². The van der Waals surface area contributed by atoms with E-state index >= 15 is 0 Å². The van der Waals surface area contributed by atoms with Crippen molar-refractivity contribution in [1.82, 2.24) is 10.4 Å². The summed E-state index contributed by atoms with van der Waals surface area (Å²) in [5.41, 5.74) is 2.45. The highest BCUT2D eigenvalue weighted by molar-refractivity contribution is 9.11. The lowest BCUT2D eigenvalue weighted by molar-refractivity contribution is 0.0709. The lowest BCUT2D eigenvalue weighted by Gasteiger charge is -2.40. The number of rotatable bonds is 1. The fraction of sp³-hybridized carbons (Fsp3) is 0.700. The van der Waals surface area contributed by atoms with Gasteiger partial charge in [-0.05, 0) is 16.3 Å². The molecule has 4 nitrogen and oxygen atoms in total. The van der Waals surface area contributed by atoms with Crippen LogP contribution in [0.15, 0.2) is 10.6 Å². The average molecular weight is 277 g/mol. The first-order valence-corrected chi connectivity index (χ1v) is 5.72. The fourth-order valence-corrected chi connectivity index (χ4v) is 2.10. The molecular formula is C10H17BrN2O2. The second-order valence-corrected chi connectivity index (χ2v) is 5.80. The first-order valence-electron chi connectivity index (χ1n) is 4.93. The number of nitrogens with one attached hydrogen (secondary N) is 1. The van der Waals surface area contributed by atoms with Crippen LogP contribution in [0.4, 0.5) is 4.79 Å². The van der Waals surface area contributed by atoms with Crippen LogP contribution in [-0.2, 0) is 0 Å².